The third-order valence-electron chi connectivity index (χ3n) is 4.30. The van der Waals surface area contributed by atoms with E-state index in [2.05, 4.69) is 15.4 Å². The number of halogens is 3. The van der Waals surface area contributed by atoms with E-state index in [1.54, 1.807) is 7.11 Å². The van der Waals surface area contributed by atoms with Gasteiger partial charge in [-0.15, -0.1) is 13.2 Å². The van der Waals surface area contributed by atoms with Gasteiger partial charge in [0.05, 0.1) is 13.0 Å². The fourth-order valence-corrected chi connectivity index (χ4v) is 2.98. The van der Waals surface area contributed by atoms with Gasteiger partial charge >= 0.3 is 6.36 Å². The Labute approximate surface area is 144 Å². The molecule has 1 aliphatic rings. The quantitative estimate of drug-likeness (QED) is 0.783. The van der Waals surface area contributed by atoms with E-state index in [9.17, 15) is 18.0 Å². The Morgan fingerprint density at radius 3 is 2.44 bits per heavy atom. The van der Waals surface area contributed by atoms with Crippen LogP contribution in [0, 0.1) is 5.41 Å². The van der Waals surface area contributed by atoms with Gasteiger partial charge in [-0.3, -0.25) is 4.79 Å². The van der Waals surface area contributed by atoms with Crippen LogP contribution in [0.3, 0.4) is 0 Å². The number of piperidine rings is 1. The SMILES string of the molecule is COCC1(CNC(=O)Cc2ccc(OC(F)(F)F)cc2)CCNCC1. The lowest BCUT2D eigenvalue weighted by Crippen LogP contribution is -2.47. The molecule has 0 aromatic heterocycles. The minimum Gasteiger partial charge on any atom is -0.406 e. The number of nitrogens with one attached hydrogen (secondary N) is 2. The number of hydrogen-bond acceptors (Lipinski definition) is 4. The molecule has 0 radical (unpaired) electrons. The number of benzene rings is 1. The predicted octanol–water partition coefficient (Wildman–Crippen LogP) is 2.26. The zero-order valence-corrected chi connectivity index (χ0v) is 14.1. The Balaban J connectivity index is 1.85. The average Bonchev–Trinajstić information content (AvgIpc) is 2.55. The Morgan fingerprint density at radius 1 is 1.24 bits per heavy atom. The highest BCUT2D eigenvalue weighted by molar-refractivity contribution is 5.78. The van der Waals surface area contributed by atoms with E-state index >= 15 is 0 Å². The molecule has 1 fully saturated rings. The molecule has 1 amide bonds. The maximum absolute atomic E-state index is 12.1. The van der Waals surface area contributed by atoms with Gasteiger partial charge in [-0.1, -0.05) is 12.1 Å². The summed E-state index contributed by atoms with van der Waals surface area (Å²) in [6.07, 6.45) is -2.77. The largest absolute Gasteiger partial charge is 0.573 e. The molecule has 0 aliphatic carbocycles. The van der Waals surface area contributed by atoms with Gasteiger partial charge in [0.25, 0.3) is 0 Å². The fraction of sp³-hybridized carbons (Fsp3) is 0.588. The molecular weight excluding hydrogens is 337 g/mol. The van der Waals surface area contributed by atoms with Crippen LogP contribution in [0.4, 0.5) is 13.2 Å². The molecule has 2 rings (SSSR count). The Morgan fingerprint density at radius 2 is 1.88 bits per heavy atom. The summed E-state index contributed by atoms with van der Waals surface area (Å²) in [4.78, 5) is 12.1. The van der Waals surface area contributed by atoms with Gasteiger partial charge in [0.15, 0.2) is 0 Å². The van der Waals surface area contributed by atoms with Gasteiger partial charge in [-0.25, -0.2) is 0 Å². The van der Waals surface area contributed by atoms with Gasteiger partial charge < -0.3 is 20.1 Å². The molecule has 1 heterocycles. The molecule has 1 aliphatic heterocycles. The van der Waals surface area contributed by atoms with Crippen molar-refractivity contribution in [3.63, 3.8) is 0 Å². The first-order valence-electron chi connectivity index (χ1n) is 8.13. The number of carbonyl (C=O) groups excluding carboxylic acids is 1. The summed E-state index contributed by atoms with van der Waals surface area (Å²) in [5.74, 6) is -0.469. The van der Waals surface area contributed by atoms with Gasteiger partial charge in [-0.2, -0.15) is 0 Å². The predicted molar refractivity (Wildman–Crippen MR) is 86.3 cm³/mol. The fourth-order valence-electron chi connectivity index (χ4n) is 2.98. The van der Waals surface area contributed by atoms with Crippen molar-refractivity contribution in [2.24, 2.45) is 5.41 Å². The highest BCUT2D eigenvalue weighted by Crippen LogP contribution is 2.28. The second kappa shape index (κ2) is 8.53. The topological polar surface area (TPSA) is 59.6 Å². The van der Waals surface area contributed by atoms with E-state index in [1.165, 1.54) is 24.3 Å². The van der Waals surface area contributed by atoms with Crippen LogP contribution in [0.5, 0.6) is 5.75 Å². The third-order valence-corrected chi connectivity index (χ3v) is 4.30. The molecule has 0 bridgehead atoms. The zero-order chi connectivity index (χ0) is 18.3. The lowest BCUT2D eigenvalue weighted by molar-refractivity contribution is -0.274. The molecule has 5 nitrogen and oxygen atoms in total. The second-order valence-corrected chi connectivity index (χ2v) is 6.33. The Bertz CT molecular complexity index is 550. The molecule has 25 heavy (non-hydrogen) atoms. The number of methoxy groups -OCH3 is 1. The maximum atomic E-state index is 12.1. The number of ether oxygens (including phenoxy) is 2. The standard InChI is InChI=1S/C17H23F3N2O3/c1-24-12-16(6-8-21-9-7-16)11-22-15(23)10-13-2-4-14(5-3-13)25-17(18,19)20/h2-5,21H,6-12H2,1H3,(H,22,23). The van der Waals surface area contributed by atoms with Gasteiger partial charge in [0.2, 0.25) is 5.91 Å². The molecule has 0 spiro atoms. The van der Waals surface area contributed by atoms with Gasteiger partial charge in [-0.05, 0) is 43.6 Å². The second-order valence-electron chi connectivity index (χ2n) is 6.33. The molecule has 0 atom stereocenters. The van der Waals surface area contributed by atoms with Crippen LogP contribution in [-0.2, 0) is 16.0 Å². The van der Waals surface area contributed by atoms with Crippen molar-refractivity contribution in [3.8, 4) is 5.75 Å². The van der Waals surface area contributed by atoms with E-state index in [-0.39, 0.29) is 23.5 Å². The first-order chi connectivity index (χ1) is 11.8. The van der Waals surface area contributed by atoms with E-state index in [1.807, 2.05) is 0 Å². The lowest BCUT2D eigenvalue weighted by atomic mass is 9.79. The number of carbonyl (C=O) groups is 1. The number of amides is 1. The van der Waals surface area contributed by atoms with Crippen LogP contribution in [0.2, 0.25) is 0 Å². The molecule has 1 aromatic rings. The van der Waals surface area contributed by atoms with Crippen molar-refractivity contribution < 1.29 is 27.4 Å². The number of alkyl halides is 3. The van der Waals surface area contributed by atoms with Crippen molar-refractivity contribution in [1.29, 1.82) is 0 Å². The number of hydrogen-bond donors (Lipinski definition) is 2. The smallest absolute Gasteiger partial charge is 0.406 e. The molecule has 0 saturated carbocycles. The highest BCUT2D eigenvalue weighted by Gasteiger charge is 2.32. The lowest BCUT2D eigenvalue weighted by Gasteiger charge is -2.37. The van der Waals surface area contributed by atoms with Crippen molar-refractivity contribution in [3.05, 3.63) is 29.8 Å². The maximum Gasteiger partial charge on any atom is 0.573 e. The summed E-state index contributed by atoms with van der Waals surface area (Å²) in [6.45, 7) is 2.88. The van der Waals surface area contributed by atoms with Crippen LogP contribution in [0.15, 0.2) is 24.3 Å². The van der Waals surface area contributed by atoms with Crippen molar-refractivity contribution in [2.45, 2.75) is 25.6 Å². The first kappa shape index (κ1) is 19.5. The molecule has 2 N–H and O–H groups in total. The molecule has 1 aromatic carbocycles. The van der Waals surface area contributed by atoms with Crippen molar-refractivity contribution >= 4 is 5.91 Å². The summed E-state index contributed by atoms with van der Waals surface area (Å²) < 4.78 is 45.5. The highest BCUT2D eigenvalue weighted by atomic mass is 19.4. The first-order valence-corrected chi connectivity index (χ1v) is 8.13. The number of rotatable bonds is 7. The molecule has 140 valence electrons. The van der Waals surface area contributed by atoms with Crippen molar-refractivity contribution in [1.82, 2.24) is 10.6 Å². The Hall–Kier alpha value is -1.80. The Kier molecular flexibility index (Phi) is 6.66. The van der Waals surface area contributed by atoms with E-state index < -0.39 is 6.36 Å². The van der Waals surface area contributed by atoms with Crippen LogP contribution >= 0.6 is 0 Å². The molecule has 1 saturated heterocycles. The normalized spacial score (nSPS) is 17.1. The minimum atomic E-state index is -4.72. The summed E-state index contributed by atoms with van der Waals surface area (Å²) >= 11 is 0. The molecular formula is C17H23F3N2O3. The van der Waals surface area contributed by atoms with E-state index in [0.717, 1.165) is 25.9 Å². The average molecular weight is 360 g/mol. The molecule has 8 heteroatoms. The minimum absolute atomic E-state index is 0.0694. The van der Waals surface area contributed by atoms with E-state index in [0.29, 0.717) is 18.7 Å². The zero-order valence-electron chi connectivity index (χ0n) is 14.1. The van der Waals surface area contributed by atoms with Crippen LogP contribution < -0.4 is 15.4 Å². The third kappa shape index (κ3) is 6.55. The summed E-state index contributed by atoms with van der Waals surface area (Å²) in [5.41, 5.74) is 0.554. The summed E-state index contributed by atoms with van der Waals surface area (Å²) in [5, 5.41) is 6.21. The molecule has 0 unspecified atom stereocenters. The monoisotopic (exact) mass is 360 g/mol. The van der Waals surface area contributed by atoms with Crippen LogP contribution in [-0.4, -0.2) is 45.6 Å². The summed E-state index contributed by atoms with van der Waals surface area (Å²) in [6, 6.07) is 5.32. The van der Waals surface area contributed by atoms with E-state index in [4.69, 9.17) is 4.74 Å². The van der Waals surface area contributed by atoms with Crippen molar-refractivity contribution in [2.75, 3.05) is 33.4 Å². The van der Waals surface area contributed by atoms with Gasteiger partial charge in [0.1, 0.15) is 5.75 Å². The summed E-state index contributed by atoms with van der Waals surface area (Å²) in [7, 11) is 1.65. The van der Waals surface area contributed by atoms with Crippen LogP contribution in [0.25, 0.3) is 0 Å². The van der Waals surface area contributed by atoms with Gasteiger partial charge in [0, 0.05) is 19.1 Å². The van der Waals surface area contributed by atoms with Crippen LogP contribution in [0.1, 0.15) is 18.4 Å².